The fraction of sp³-hybridized carbons (Fsp3) is 0.0556. The highest BCUT2D eigenvalue weighted by Crippen LogP contribution is 2.39. The first kappa shape index (κ1) is 19.3. The van der Waals surface area contributed by atoms with Gasteiger partial charge in [0.2, 0.25) is 15.9 Å². The van der Waals surface area contributed by atoms with E-state index in [1.54, 1.807) is 24.3 Å². The van der Waals surface area contributed by atoms with Crippen LogP contribution >= 0.6 is 0 Å². The van der Waals surface area contributed by atoms with Crippen molar-refractivity contribution in [3.63, 3.8) is 0 Å². The Morgan fingerprint density at radius 3 is 2.39 bits per heavy atom. The second kappa shape index (κ2) is 7.25. The van der Waals surface area contributed by atoms with Crippen LogP contribution in [0.25, 0.3) is 10.8 Å². The van der Waals surface area contributed by atoms with Crippen LogP contribution in [-0.4, -0.2) is 24.5 Å². The number of benzene rings is 3. The topological polar surface area (TPSA) is 154 Å². The minimum atomic E-state index is -3.99. The minimum absolute atomic E-state index is 0.0881. The number of primary sulfonamides is 1. The summed E-state index contributed by atoms with van der Waals surface area (Å²) in [4.78, 5) is 11.1. The zero-order valence-electron chi connectivity index (χ0n) is 14.6. The summed E-state index contributed by atoms with van der Waals surface area (Å²) in [5, 5.41) is 36.8. The summed E-state index contributed by atoms with van der Waals surface area (Å²) >= 11 is 0. The Kier molecular flexibility index (Phi) is 4.99. The number of nitrogens with one attached hydrogen (secondary N) is 1. The maximum atomic E-state index is 11.5. The predicted molar refractivity (Wildman–Crippen MR) is 104 cm³/mol. The third-order valence-electron chi connectivity index (χ3n) is 3.86. The van der Waals surface area contributed by atoms with Crippen molar-refractivity contribution in [1.82, 2.24) is 0 Å². The van der Waals surface area contributed by atoms with Gasteiger partial charge in [0, 0.05) is 23.4 Å². The molecule has 0 radical (unpaired) electrons. The van der Waals surface area contributed by atoms with Crippen LogP contribution in [0.3, 0.4) is 0 Å². The number of hydrogen-bond donors (Lipinski definition) is 4. The van der Waals surface area contributed by atoms with Gasteiger partial charge in [0.05, 0.1) is 4.90 Å². The predicted octanol–water partition coefficient (Wildman–Crippen LogP) is 3.27. The van der Waals surface area contributed by atoms with E-state index in [-0.39, 0.29) is 33.7 Å². The summed E-state index contributed by atoms with van der Waals surface area (Å²) < 4.78 is 22.9. The van der Waals surface area contributed by atoms with Gasteiger partial charge in [-0.2, -0.15) is 0 Å². The lowest BCUT2D eigenvalue weighted by Gasteiger charge is -2.09. The van der Waals surface area contributed by atoms with Crippen LogP contribution in [0.4, 0.5) is 17.1 Å². The Hall–Kier alpha value is -3.50. The molecule has 0 heterocycles. The molecule has 3 rings (SSSR count). The van der Waals surface area contributed by atoms with Gasteiger partial charge in [0.15, 0.2) is 0 Å². The van der Waals surface area contributed by atoms with Crippen LogP contribution in [0.1, 0.15) is 6.92 Å². The lowest BCUT2D eigenvalue weighted by atomic mass is 10.1. The number of rotatable bonds is 4. The van der Waals surface area contributed by atoms with Gasteiger partial charge in [0.1, 0.15) is 22.9 Å². The molecule has 0 bridgehead atoms. The highest BCUT2D eigenvalue weighted by molar-refractivity contribution is 7.89. The molecule has 28 heavy (non-hydrogen) atoms. The monoisotopic (exact) mass is 400 g/mol. The number of nitrogens with two attached hydrogens (primary N) is 1. The van der Waals surface area contributed by atoms with Gasteiger partial charge in [-0.3, -0.25) is 4.79 Å². The molecule has 144 valence electrons. The summed E-state index contributed by atoms with van der Waals surface area (Å²) in [7, 11) is -3.99. The second-order valence-electron chi connectivity index (χ2n) is 5.91. The van der Waals surface area contributed by atoms with Crippen LogP contribution in [0, 0.1) is 0 Å². The van der Waals surface area contributed by atoms with E-state index in [0.717, 1.165) is 18.2 Å². The zero-order valence-corrected chi connectivity index (χ0v) is 15.4. The first-order valence-electron chi connectivity index (χ1n) is 7.96. The summed E-state index contributed by atoms with van der Waals surface area (Å²) in [6.07, 6.45) is 0. The molecular formula is C18H16N4O5S. The SMILES string of the molecule is CC(=O)Nc1cccc2c(N=Nc3cc(S(N)(=O)=O)ccc3O)c(O)ccc12. The highest BCUT2D eigenvalue weighted by Gasteiger charge is 2.13. The van der Waals surface area contributed by atoms with Crippen LogP contribution in [0.2, 0.25) is 0 Å². The number of sulfonamides is 1. The van der Waals surface area contributed by atoms with Crippen molar-refractivity contribution in [3.05, 3.63) is 48.5 Å². The van der Waals surface area contributed by atoms with Crippen molar-refractivity contribution in [2.75, 3.05) is 5.32 Å². The fourth-order valence-corrected chi connectivity index (χ4v) is 3.13. The van der Waals surface area contributed by atoms with Crippen LogP contribution < -0.4 is 10.5 Å². The van der Waals surface area contributed by atoms with Gasteiger partial charge in [-0.15, -0.1) is 10.2 Å². The molecule has 0 saturated heterocycles. The maximum Gasteiger partial charge on any atom is 0.238 e. The number of anilines is 1. The number of fused-ring (bicyclic) bond motifs is 1. The molecule has 0 atom stereocenters. The van der Waals surface area contributed by atoms with E-state index in [9.17, 15) is 23.4 Å². The van der Waals surface area contributed by atoms with E-state index < -0.39 is 10.0 Å². The van der Waals surface area contributed by atoms with Crippen molar-refractivity contribution < 1.29 is 23.4 Å². The smallest absolute Gasteiger partial charge is 0.238 e. The molecule has 0 saturated carbocycles. The summed E-state index contributed by atoms with van der Waals surface area (Å²) in [6.45, 7) is 1.38. The number of nitrogens with zero attached hydrogens (tertiary/aromatic N) is 2. The van der Waals surface area contributed by atoms with E-state index in [2.05, 4.69) is 15.5 Å². The molecule has 0 spiro atoms. The number of aromatic hydroxyl groups is 2. The largest absolute Gasteiger partial charge is 0.506 e. The molecule has 3 aromatic carbocycles. The molecule has 10 heteroatoms. The molecule has 0 aromatic heterocycles. The second-order valence-corrected chi connectivity index (χ2v) is 7.47. The molecule has 3 aromatic rings. The molecule has 0 aliphatic rings. The van der Waals surface area contributed by atoms with Gasteiger partial charge < -0.3 is 15.5 Å². The molecule has 0 fully saturated rings. The number of phenolic OH excluding ortho intramolecular Hbond substituents is 2. The first-order chi connectivity index (χ1) is 13.2. The van der Waals surface area contributed by atoms with Crippen molar-refractivity contribution in [2.24, 2.45) is 15.4 Å². The normalized spacial score (nSPS) is 11.8. The Bertz CT molecular complexity index is 1220. The lowest BCUT2D eigenvalue weighted by Crippen LogP contribution is -2.11. The van der Waals surface area contributed by atoms with E-state index in [1.807, 2.05) is 0 Å². The molecule has 0 aliphatic heterocycles. The van der Waals surface area contributed by atoms with Crippen molar-refractivity contribution in [2.45, 2.75) is 11.8 Å². The van der Waals surface area contributed by atoms with Crippen molar-refractivity contribution in [3.8, 4) is 11.5 Å². The van der Waals surface area contributed by atoms with E-state index in [0.29, 0.717) is 16.5 Å². The molecule has 0 unspecified atom stereocenters. The summed E-state index contributed by atoms with van der Waals surface area (Å²) in [6, 6.07) is 11.4. The van der Waals surface area contributed by atoms with Gasteiger partial charge in [0.25, 0.3) is 0 Å². The van der Waals surface area contributed by atoms with E-state index in [1.165, 1.54) is 13.0 Å². The van der Waals surface area contributed by atoms with Crippen LogP contribution in [-0.2, 0) is 14.8 Å². The maximum absolute atomic E-state index is 11.5. The summed E-state index contributed by atoms with van der Waals surface area (Å²) in [5.74, 6) is -0.749. The Morgan fingerprint density at radius 1 is 1.00 bits per heavy atom. The molecular weight excluding hydrogens is 384 g/mol. The van der Waals surface area contributed by atoms with Crippen molar-refractivity contribution in [1.29, 1.82) is 0 Å². The molecule has 1 amide bonds. The number of carbonyl (C=O) groups excluding carboxylic acids is 1. The zero-order chi connectivity index (χ0) is 20.5. The number of hydrogen-bond acceptors (Lipinski definition) is 7. The number of phenols is 2. The van der Waals surface area contributed by atoms with Gasteiger partial charge >= 0.3 is 0 Å². The molecule has 0 aliphatic carbocycles. The third-order valence-corrected chi connectivity index (χ3v) is 4.77. The molecule has 5 N–H and O–H groups in total. The minimum Gasteiger partial charge on any atom is -0.506 e. The Labute approximate surface area is 160 Å². The van der Waals surface area contributed by atoms with Gasteiger partial charge in [-0.25, -0.2) is 13.6 Å². The fourth-order valence-electron chi connectivity index (χ4n) is 2.60. The van der Waals surface area contributed by atoms with Crippen LogP contribution in [0.5, 0.6) is 11.5 Å². The quantitative estimate of drug-likeness (QED) is 0.495. The van der Waals surface area contributed by atoms with Crippen molar-refractivity contribution >= 4 is 43.8 Å². The highest BCUT2D eigenvalue weighted by atomic mass is 32.2. The molecule has 9 nitrogen and oxygen atoms in total. The standard InChI is InChI=1S/C18H16N4O5S/c1-10(23)20-14-4-2-3-13-12(14)6-8-17(25)18(13)22-21-15-9-11(28(19,26)27)5-7-16(15)24/h2-9,24-25H,1H3,(H,20,23)(H2,19,26,27). The van der Waals surface area contributed by atoms with Crippen LogP contribution in [0.15, 0.2) is 63.7 Å². The average molecular weight is 400 g/mol. The lowest BCUT2D eigenvalue weighted by molar-refractivity contribution is -0.114. The number of carbonyl (C=O) groups is 1. The average Bonchev–Trinajstić information content (AvgIpc) is 2.61. The number of amides is 1. The number of azo groups is 1. The Morgan fingerprint density at radius 2 is 1.71 bits per heavy atom. The third kappa shape index (κ3) is 3.92. The first-order valence-corrected chi connectivity index (χ1v) is 9.51. The summed E-state index contributed by atoms with van der Waals surface area (Å²) in [5.41, 5.74) is 0.478. The van der Waals surface area contributed by atoms with Gasteiger partial charge in [-0.05, 0) is 36.4 Å². The van der Waals surface area contributed by atoms with E-state index >= 15 is 0 Å². The van der Waals surface area contributed by atoms with E-state index in [4.69, 9.17) is 5.14 Å². The van der Waals surface area contributed by atoms with Gasteiger partial charge in [-0.1, -0.05) is 12.1 Å². The Balaban J connectivity index is 2.13.